The van der Waals surface area contributed by atoms with Crippen LogP contribution in [0.2, 0.25) is 0 Å². The molecule has 2 atom stereocenters. The highest BCUT2D eigenvalue weighted by atomic mass is 16.4. The van der Waals surface area contributed by atoms with E-state index in [0.717, 1.165) is 18.4 Å². The van der Waals surface area contributed by atoms with Crippen molar-refractivity contribution < 1.29 is 19.8 Å². The van der Waals surface area contributed by atoms with Crippen molar-refractivity contribution in [3.63, 3.8) is 0 Å². The lowest BCUT2D eigenvalue weighted by molar-refractivity contribution is -0.150. The fourth-order valence-electron chi connectivity index (χ4n) is 4.18. The van der Waals surface area contributed by atoms with Crippen LogP contribution in [0.4, 0.5) is 0 Å². The molecule has 0 saturated carbocycles. The SMILES string of the molecule is CN1C2CCC1CC(c1ccccc1C(C(=O)O)C(=O)O)C2. The number of carboxylic acids is 2. The molecule has 0 amide bonds. The molecule has 1 aromatic rings. The monoisotopic (exact) mass is 303 g/mol. The molecule has 2 aliphatic heterocycles. The molecule has 2 aliphatic rings. The molecule has 2 heterocycles. The summed E-state index contributed by atoms with van der Waals surface area (Å²) in [6.07, 6.45) is 4.33. The van der Waals surface area contributed by atoms with Crippen molar-refractivity contribution in [1.29, 1.82) is 0 Å². The first-order valence-corrected chi connectivity index (χ1v) is 7.75. The predicted octanol–water partition coefficient (Wildman–Crippen LogP) is 2.28. The van der Waals surface area contributed by atoms with Gasteiger partial charge in [-0.1, -0.05) is 24.3 Å². The van der Waals surface area contributed by atoms with E-state index < -0.39 is 17.9 Å². The van der Waals surface area contributed by atoms with Crippen LogP contribution in [0.1, 0.15) is 48.6 Å². The maximum absolute atomic E-state index is 11.4. The molecular weight excluding hydrogens is 282 g/mol. The first-order valence-electron chi connectivity index (χ1n) is 7.75. The van der Waals surface area contributed by atoms with Crippen LogP contribution >= 0.6 is 0 Å². The zero-order valence-electron chi connectivity index (χ0n) is 12.6. The summed E-state index contributed by atoms with van der Waals surface area (Å²) in [4.78, 5) is 25.2. The number of nitrogens with zero attached hydrogens (tertiary/aromatic N) is 1. The molecule has 5 heteroatoms. The van der Waals surface area contributed by atoms with Gasteiger partial charge in [-0.2, -0.15) is 0 Å². The van der Waals surface area contributed by atoms with Crippen LogP contribution in [0.3, 0.4) is 0 Å². The van der Waals surface area contributed by atoms with Crippen LogP contribution in [0, 0.1) is 0 Å². The topological polar surface area (TPSA) is 77.8 Å². The Balaban J connectivity index is 1.95. The van der Waals surface area contributed by atoms with Gasteiger partial charge in [-0.25, -0.2) is 0 Å². The van der Waals surface area contributed by atoms with E-state index in [1.165, 1.54) is 12.8 Å². The first-order chi connectivity index (χ1) is 10.5. The van der Waals surface area contributed by atoms with Gasteiger partial charge in [0.2, 0.25) is 0 Å². The summed E-state index contributed by atoms with van der Waals surface area (Å²) in [5.74, 6) is -3.81. The Morgan fingerprint density at radius 3 is 2.18 bits per heavy atom. The second-order valence-electron chi connectivity index (χ2n) is 6.46. The minimum atomic E-state index is -1.48. The van der Waals surface area contributed by atoms with Crippen molar-refractivity contribution in [2.24, 2.45) is 0 Å². The first kappa shape index (κ1) is 15.0. The summed E-state index contributed by atoms with van der Waals surface area (Å²) in [6, 6.07) is 8.22. The number of piperidine rings is 1. The second-order valence-corrected chi connectivity index (χ2v) is 6.46. The maximum Gasteiger partial charge on any atom is 0.322 e. The molecular formula is C17H21NO4. The van der Waals surface area contributed by atoms with Crippen molar-refractivity contribution in [2.75, 3.05) is 7.05 Å². The van der Waals surface area contributed by atoms with Gasteiger partial charge in [-0.05, 0) is 49.8 Å². The molecule has 0 spiro atoms. The highest BCUT2D eigenvalue weighted by molar-refractivity contribution is 5.99. The molecule has 118 valence electrons. The van der Waals surface area contributed by atoms with E-state index in [0.29, 0.717) is 17.6 Å². The second kappa shape index (κ2) is 5.72. The van der Waals surface area contributed by atoms with E-state index in [1.54, 1.807) is 12.1 Å². The number of fused-ring (bicyclic) bond motifs is 2. The van der Waals surface area contributed by atoms with E-state index in [1.807, 2.05) is 12.1 Å². The molecule has 22 heavy (non-hydrogen) atoms. The number of benzene rings is 1. The third-order valence-electron chi connectivity index (χ3n) is 5.34. The minimum absolute atomic E-state index is 0.256. The molecule has 0 aromatic heterocycles. The van der Waals surface area contributed by atoms with Crippen molar-refractivity contribution in [3.05, 3.63) is 35.4 Å². The number of carbonyl (C=O) groups is 2. The summed E-state index contributed by atoms with van der Waals surface area (Å²) >= 11 is 0. The third kappa shape index (κ3) is 2.50. The number of rotatable bonds is 4. The lowest BCUT2D eigenvalue weighted by atomic mass is 9.80. The van der Waals surface area contributed by atoms with E-state index in [2.05, 4.69) is 11.9 Å². The Labute approximate surface area is 129 Å². The number of aliphatic carboxylic acids is 2. The molecule has 2 fully saturated rings. The summed E-state index contributed by atoms with van der Waals surface area (Å²) in [5, 5.41) is 18.6. The van der Waals surface area contributed by atoms with Crippen LogP contribution in [0.15, 0.2) is 24.3 Å². The molecule has 2 N–H and O–H groups in total. The summed E-state index contributed by atoms with van der Waals surface area (Å²) in [6.45, 7) is 0. The van der Waals surface area contributed by atoms with E-state index >= 15 is 0 Å². The van der Waals surface area contributed by atoms with Crippen LogP contribution in [0.25, 0.3) is 0 Å². The predicted molar refractivity (Wildman–Crippen MR) is 81.0 cm³/mol. The Kier molecular flexibility index (Phi) is 3.91. The Morgan fingerprint density at radius 2 is 1.64 bits per heavy atom. The van der Waals surface area contributed by atoms with Gasteiger partial charge in [0.05, 0.1) is 0 Å². The molecule has 1 aromatic carbocycles. The van der Waals surface area contributed by atoms with Gasteiger partial charge in [0.15, 0.2) is 5.92 Å². The zero-order valence-corrected chi connectivity index (χ0v) is 12.6. The summed E-state index contributed by atoms with van der Waals surface area (Å²) < 4.78 is 0. The molecule has 2 saturated heterocycles. The fraction of sp³-hybridized carbons (Fsp3) is 0.529. The standard InChI is InChI=1S/C17H21NO4/c1-18-11-6-7-12(18)9-10(8-11)13-4-2-3-5-14(13)15(16(19)20)17(21)22/h2-5,10-12,15H,6-9H2,1H3,(H,19,20)(H,21,22). The van der Waals surface area contributed by atoms with E-state index in [-0.39, 0.29) is 5.92 Å². The molecule has 2 unspecified atom stereocenters. The number of hydrogen-bond donors (Lipinski definition) is 2. The average Bonchev–Trinajstić information content (AvgIpc) is 2.69. The normalized spacial score (nSPS) is 28.0. The number of carboxylic acid groups (broad SMARTS) is 2. The summed E-state index contributed by atoms with van der Waals surface area (Å²) in [5.41, 5.74) is 1.35. The largest absolute Gasteiger partial charge is 0.480 e. The van der Waals surface area contributed by atoms with Crippen molar-refractivity contribution in [3.8, 4) is 0 Å². The van der Waals surface area contributed by atoms with E-state index in [4.69, 9.17) is 0 Å². The van der Waals surface area contributed by atoms with Crippen LogP contribution in [-0.4, -0.2) is 46.2 Å². The van der Waals surface area contributed by atoms with E-state index in [9.17, 15) is 19.8 Å². The van der Waals surface area contributed by atoms with Gasteiger partial charge in [0.1, 0.15) is 0 Å². The minimum Gasteiger partial charge on any atom is -0.480 e. The van der Waals surface area contributed by atoms with Crippen molar-refractivity contribution >= 4 is 11.9 Å². The molecule has 0 aliphatic carbocycles. The lowest BCUT2D eigenvalue weighted by Gasteiger charge is -2.37. The quantitative estimate of drug-likeness (QED) is 0.834. The molecule has 3 rings (SSSR count). The zero-order chi connectivity index (χ0) is 15.9. The van der Waals surface area contributed by atoms with Crippen molar-refractivity contribution in [1.82, 2.24) is 4.90 Å². The number of hydrogen-bond acceptors (Lipinski definition) is 3. The van der Waals surface area contributed by atoms with Crippen LogP contribution < -0.4 is 0 Å². The Hall–Kier alpha value is -1.88. The van der Waals surface area contributed by atoms with Gasteiger partial charge < -0.3 is 15.1 Å². The van der Waals surface area contributed by atoms with Gasteiger partial charge >= 0.3 is 11.9 Å². The smallest absolute Gasteiger partial charge is 0.322 e. The lowest BCUT2D eigenvalue weighted by Crippen LogP contribution is -2.39. The maximum atomic E-state index is 11.4. The Morgan fingerprint density at radius 1 is 1.09 bits per heavy atom. The molecule has 2 bridgehead atoms. The van der Waals surface area contributed by atoms with Crippen LogP contribution in [0.5, 0.6) is 0 Å². The average molecular weight is 303 g/mol. The van der Waals surface area contributed by atoms with Crippen molar-refractivity contribution in [2.45, 2.75) is 49.6 Å². The third-order valence-corrected chi connectivity index (χ3v) is 5.34. The molecule has 0 radical (unpaired) electrons. The Bertz CT molecular complexity index is 572. The van der Waals surface area contributed by atoms with Crippen LogP contribution in [-0.2, 0) is 9.59 Å². The van der Waals surface area contributed by atoms with Gasteiger partial charge in [0.25, 0.3) is 0 Å². The fourth-order valence-corrected chi connectivity index (χ4v) is 4.18. The van der Waals surface area contributed by atoms with Gasteiger partial charge in [-0.3, -0.25) is 9.59 Å². The summed E-state index contributed by atoms with van der Waals surface area (Å²) in [7, 11) is 2.15. The molecule has 5 nitrogen and oxygen atoms in total. The highest BCUT2D eigenvalue weighted by Gasteiger charge is 2.40. The van der Waals surface area contributed by atoms with Gasteiger partial charge in [-0.15, -0.1) is 0 Å². The highest BCUT2D eigenvalue weighted by Crippen LogP contribution is 2.43. The van der Waals surface area contributed by atoms with Gasteiger partial charge in [0, 0.05) is 12.1 Å².